The zero-order valence-electron chi connectivity index (χ0n) is 14.9. The molecule has 0 radical (unpaired) electrons. The summed E-state index contributed by atoms with van der Waals surface area (Å²) in [4.78, 5) is 8.44. The highest BCUT2D eigenvalue weighted by Crippen LogP contribution is 2.14. The lowest BCUT2D eigenvalue weighted by Gasteiger charge is -2.25. The number of nitrogens with two attached hydrogens (primary N) is 1. The van der Waals surface area contributed by atoms with Crippen LogP contribution in [0.4, 0.5) is 0 Å². The Hall–Kier alpha value is -1.78. The molecule has 0 saturated carbocycles. The van der Waals surface area contributed by atoms with E-state index >= 15 is 0 Å². The summed E-state index contributed by atoms with van der Waals surface area (Å²) in [5.74, 6) is 0.736. The van der Waals surface area contributed by atoms with Gasteiger partial charge in [0.05, 0.1) is 0 Å². The summed E-state index contributed by atoms with van der Waals surface area (Å²) in [5, 5.41) is 8.24. The fraction of sp³-hybridized carbons (Fsp3) is 0.667. The number of likely N-dealkylation sites (tertiary alicyclic amines) is 1. The number of allylic oxidation sites excluding steroid dienone is 1. The Labute approximate surface area is 141 Å². The molecule has 0 aromatic heterocycles. The van der Waals surface area contributed by atoms with Crippen molar-refractivity contribution in [3.05, 3.63) is 24.3 Å². The Bertz CT molecular complexity index is 452. The predicted octanol–water partition coefficient (Wildman–Crippen LogP) is 3.35. The maximum absolute atomic E-state index is 8.24. The molecular formula is C18H33N5. The monoisotopic (exact) mass is 319 g/mol. The maximum atomic E-state index is 8.24. The largest absolute Gasteiger partial charge is 0.369 e. The van der Waals surface area contributed by atoms with Gasteiger partial charge < -0.3 is 15.5 Å². The topological polar surface area (TPSA) is 68.7 Å². The molecule has 1 fully saturated rings. The number of rotatable bonds is 6. The van der Waals surface area contributed by atoms with Crippen LogP contribution in [0.3, 0.4) is 0 Å². The number of guanidine groups is 2. The van der Waals surface area contributed by atoms with E-state index < -0.39 is 0 Å². The Balaban J connectivity index is 2.62. The zero-order chi connectivity index (χ0) is 17.2. The standard InChI is InChI=1S/C18H33N5/c1-5-11-22(12-6-8-15(2)3)17(19)21-18(20)23-13-7-9-16(4)10-14-23/h2,4-14H2,1,3H3,(H3,19,20,21). The van der Waals surface area contributed by atoms with Crippen LogP contribution in [-0.2, 0) is 0 Å². The lowest BCUT2D eigenvalue weighted by atomic mass is 10.1. The Kier molecular flexibility index (Phi) is 8.45. The molecule has 0 aromatic carbocycles. The van der Waals surface area contributed by atoms with E-state index in [1.165, 1.54) is 11.1 Å². The molecule has 1 aliphatic heterocycles. The smallest absolute Gasteiger partial charge is 0.221 e. The van der Waals surface area contributed by atoms with Crippen molar-refractivity contribution in [2.24, 2.45) is 10.7 Å². The molecule has 0 atom stereocenters. The second kappa shape index (κ2) is 10.1. The molecule has 0 aromatic rings. The molecule has 5 nitrogen and oxygen atoms in total. The van der Waals surface area contributed by atoms with Crippen LogP contribution in [0.5, 0.6) is 0 Å². The van der Waals surface area contributed by atoms with Gasteiger partial charge in [-0.2, -0.15) is 4.99 Å². The minimum atomic E-state index is 0.276. The first-order valence-electron chi connectivity index (χ1n) is 8.67. The zero-order valence-corrected chi connectivity index (χ0v) is 14.9. The van der Waals surface area contributed by atoms with E-state index in [9.17, 15) is 0 Å². The lowest BCUT2D eigenvalue weighted by Crippen LogP contribution is -2.41. The number of nitrogens with one attached hydrogen (secondary N) is 1. The second-order valence-corrected chi connectivity index (χ2v) is 6.43. The van der Waals surface area contributed by atoms with Gasteiger partial charge in [-0.05, 0) is 45.4 Å². The second-order valence-electron chi connectivity index (χ2n) is 6.43. The number of aliphatic imine (C=N–C) groups is 1. The summed E-state index contributed by atoms with van der Waals surface area (Å²) < 4.78 is 0. The minimum Gasteiger partial charge on any atom is -0.369 e. The van der Waals surface area contributed by atoms with Gasteiger partial charge in [0.1, 0.15) is 0 Å². The van der Waals surface area contributed by atoms with Gasteiger partial charge in [-0.1, -0.05) is 24.6 Å². The first-order valence-corrected chi connectivity index (χ1v) is 8.67. The van der Waals surface area contributed by atoms with E-state index in [1.807, 2.05) is 11.8 Å². The van der Waals surface area contributed by atoms with E-state index in [0.29, 0.717) is 5.96 Å². The lowest BCUT2D eigenvalue weighted by molar-refractivity contribution is 0.401. The van der Waals surface area contributed by atoms with Crippen LogP contribution in [-0.4, -0.2) is 47.9 Å². The van der Waals surface area contributed by atoms with Gasteiger partial charge in [-0.15, -0.1) is 6.58 Å². The van der Waals surface area contributed by atoms with Crippen LogP contribution in [0.2, 0.25) is 0 Å². The van der Waals surface area contributed by atoms with Crippen molar-refractivity contribution in [3.8, 4) is 0 Å². The normalized spacial score (nSPS) is 16.2. The SMILES string of the molecule is C=C(C)CCCN(CCC)C(N)=NC(=N)N1CCCC(=C)CC1. The Morgan fingerprint density at radius 1 is 1.35 bits per heavy atom. The fourth-order valence-corrected chi connectivity index (χ4v) is 2.69. The fourth-order valence-electron chi connectivity index (χ4n) is 2.69. The Morgan fingerprint density at radius 2 is 2.09 bits per heavy atom. The van der Waals surface area contributed by atoms with Crippen LogP contribution in [0.25, 0.3) is 0 Å². The maximum Gasteiger partial charge on any atom is 0.221 e. The van der Waals surface area contributed by atoms with Gasteiger partial charge in [-0.3, -0.25) is 5.41 Å². The quantitative estimate of drug-likeness (QED) is 0.448. The average molecular weight is 319 g/mol. The molecule has 1 rings (SSSR count). The molecule has 0 spiro atoms. The van der Waals surface area contributed by atoms with Gasteiger partial charge in [0.15, 0.2) is 5.96 Å². The molecule has 130 valence electrons. The first kappa shape index (κ1) is 19.3. The highest BCUT2D eigenvalue weighted by Gasteiger charge is 2.15. The molecule has 1 aliphatic rings. The van der Waals surface area contributed by atoms with Crippen LogP contribution < -0.4 is 5.73 Å². The molecule has 0 amide bonds. The number of hydrogen-bond donors (Lipinski definition) is 2. The minimum absolute atomic E-state index is 0.276. The van der Waals surface area contributed by atoms with Crippen molar-refractivity contribution < 1.29 is 0 Å². The summed E-state index contributed by atoms with van der Waals surface area (Å²) in [6.45, 7) is 15.6. The third-order valence-electron chi connectivity index (χ3n) is 4.06. The van der Waals surface area contributed by atoms with E-state index in [0.717, 1.165) is 64.7 Å². The first-order chi connectivity index (χ1) is 10.9. The summed E-state index contributed by atoms with van der Waals surface area (Å²) in [5.41, 5.74) is 8.62. The van der Waals surface area contributed by atoms with Crippen LogP contribution in [0, 0.1) is 5.41 Å². The molecule has 0 aliphatic carbocycles. The molecule has 3 N–H and O–H groups in total. The predicted molar refractivity (Wildman–Crippen MR) is 99.8 cm³/mol. The van der Waals surface area contributed by atoms with E-state index in [1.54, 1.807) is 0 Å². The molecule has 0 unspecified atom stereocenters. The average Bonchev–Trinajstić information content (AvgIpc) is 2.70. The van der Waals surface area contributed by atoms with Crippen molar-refractivity contribution in [1.82, 2.24) is 9.80 Å². The number of hydrogen-bond acceptors (Lipinski definition) is 1. The molecule has 1 heterocycles. The van der Waals surface area contributed by atoms with Crippen molar-refractivity contribution >= 4 is 11.9 Å². The number of nitrogens with zero attached hydrogens (tertiary/aromatic N) is 3. The van der Waals surface area contributed by atoms with Gasteiger partial charge in [0.2, 0.25) is 5.96 Å². The van der Waals surface area contributed by atoms with Crippen molar-refractivity contribution in [3.63, 3.8) is 0 Å². The van der Waals surface area contributed by atoms with Gasteiger partial charge >= 0.3 is 0 Å². The highest BCUT2D eigenvalue weighted by molar-refractivity contribution is 5.92. The summed E-state index contributed by atoms with van der Waals surface area (Å²) in [7, 11) is 0. The third-order valence-corrected chi connectivity index (χ3v) is 4.06. The van der Waals surface area contributed by atoms with E-state index in [2.05, 4.69) is 30.0 Å². The molecule has 1 saturated heterocycles. The van der Waals surface area contributed by atoms with E-state index in [4.69, 9.17) is 11.1 Å². The summed E-state index contributed by atoms with van der Waals surface area (Å²) in [6.07, 6.45) is 6.05. The van der Waals surface area contributed by atoms with Crippen LogP contribution >= 0.6 is 0 Å². The Morgan fingerprint density at radius 3 is 2.74 bits per heavy atom. The summed E-state index contributed by atoms with van der Waals surface area (Å²) >= 11 is 0. The van der Waals surface area contributed by atoms with Crippen LogP contribution in [0.1, 0.15) is 52.4 Å². The molecule has 0 bridgehead atoms. The molecular weight excluding hydrogens is 286 g/mol. The molecule has 23 heavy (non-hydrogen) atoms. The van der Waals surface area contributed by atoms with E-state index in [-0.39, 0.29) is 5.96 Å². The van der Waals surface area contributed by atoms with Gasteiger partial charge in [-0.25, -0.2) is 0 Å². The highest BCUT2D eigenvalue weighted by atomic mass is 15.3. The van der Waals surface area contributed by atoms with Gasteiger partial charge in [0.25, 0.3) is 0 Å². The third kappa shape index (κ3) is 7.35. The van der Waals surface area contributed by atoms with Crippen molar-refractivity contribution in [1.29, 1.82) is 5.41 Å². The van der Waals surface area contributed by atoms with Gasteiger partial charge in [0, 0.05) is 26.2 Å². The molecule has 5 heteroatoms. The van der Waals surface area contributed by atoms with Crippen molar-refractivity contribution in [2.75, 3.05) is 26.2 Å². The van der Waals surface area contributed by atoms with Crippen molar-refractivity contribution in [2.45, 2.75) is 52.4 Å². The van der Waals surface area contributed by atoms with Crippen LogP contribution in [0.15, 0.2) is 29.3 Å². The summed E-state index contributed by atoms with van der Waals surface area (Å²) in [6, 6.07) is 0.